The highest BCUT2D eigenvalue weighted by Crippen LogP contribution is 2.49. The lowest BCUT2D eigenvalue weighted by molar-refractivity contribution is -0.129. The highest BCUT2D eigenvalue weighted by molar-refractivity contribution is 5.77. The highest BCUT2D eigenvalue weighted by atomic mass is 16.3. The minimum atomic E-state index is -0.643. The van der Waals surface area contributed by atoms with E-state index in [1.54, 1.807) is 0 Å². The maximum atomic E-state index is 12.0. The van der Waals surface area contributed by atoms with Crippen LogP contribution in [0, 0.1) is 17.8 Å². The first-order valence-electron chi connectivity index (χ1n) is 7.50. The Morgan fingerprint density at radius 3 is 2.33 bits per heavy atom. The Kier molecular flexibility index (Phi) is 4.00. The number of amides is 1. The van der Waals surface area contributed by atoms with Gasteiger partial charge in [0, 0.05) is 12.5 Å². The number of rotatable bonds is 7. The fourth-order valence-electron chi connectivity index (χ4n) is 3.19. The third-order valence-corrected chi connectivity index (χ3v) is 4.68. The molecule has 0 bridgehead atoms. The van der Waals surface area contributed by atoms with Gasteiger partial charge < -0.3 is 10.4 Å². The summed E-state index contributed by atoms with van der Waals surface area (Å²) in [6.07, 6.45) is 5.85. The van der Waals surface area contributed by atoms with E-state index in [0.29, 0.717) is 18.4 Å². The van der Waals surface area contributed by atoms with Gasteiger partial charge >= 0.3 is 0 Å². The molecule has 2 atom stereocenters. The normalized spacial score (nSPS) is 24.7. The van der Waals surface area contributed by atoms with Crippen LogP contribution in [-0.2, 0) is 4.79 Å². The molecule has 2 rings (SSSR count). The molecule has 3 heteroatoms. The molecule has 2 N–H and O–H groups in total. The first-order chi connectivity index (χ1) is 8.48. The van der Waals surface area contributed by atoms with Gasteiger partial charge in [0.25, 0.3) is 0 Å². The van der Waals surface area contributed by atoms with Crippen LogP contribution in [0.1, 0.15) is 59.3 Å². The van der Waals surface area contributed by atoms with Crippen LogP contribution in [-0.4, -0.2) is 22.7 Å². The van der Waals surface area contributed by atoms with E-state index in [9.17, 15) is 9.90 Å². The Bertz CT molecular complexity index is 304. The fourth-order valence-corrected chi connectivity index (χ4v) is 3.19. The average molecular weight is 253 g/mol. The molecule has 0 radical (unpaired) electrons. The van der Waals surface area contributed by atoms with E-state index in [-0.39, 0.29) is 17.7 Å². The molecular weight excluding hydrogens is 226 g/mol. The van der Waals surface area contributed by atoms with Gasteiger partial charge in [-0.1, -0.05) is 27.2 Å². The summed E-state index contributed by atoms with van der Waals surface area (Å²) in [5.41, 5.74) is -0.643. The number of carbonyl (C=O) groups is 1. The zero-order valence-corrected chi connectivity index (χ0v) is 11.9. The van der Waals surface area contributed by atoms with Gasteiger partial charge in [0.2, 0.25) is 5.91 Å². The molecule has 0 unspecified atom stereocenters. The molecule has 0 heterocycles. The van der Waals surface area contributed by atoms with E-state index in [1.165, 1.54) is 0 Å². The molecular formula is C15H27NO2. The molecule has 0 aliphatic heterocycles. The van der Waals surface area contributed by atoms with Gasteiger partial charge in [-0.05, 0) is 43.4 Å². The molecule has 0 spiro atoms. The van der Waals surface area contributed by atoms with Crippen LogP contribution >= 0.6 is 0 Å². The number of carbonyl (C=O) groups excluding carboxylic acids is 1. The molecule has 0 saturated heterocycles. The summed E-state index contributed by atoms with van der Waals surface area (Å²) in [5.74, 6) is 0.868. The van der Waals surface area contributed by atoms with Crippen molar-refractivity contribution in [2.24, 2.45) is 17.8 Å². The third-order valence-electron chi connectivity index (χ3n) is 4.68. The zero-order valence-electron chi connectivity index (χ0n) is 11.9. The molecule has 2 saturated carbocycles. The van der Waals surface area contributed by atoms with Crippen molar-refractivity contribution in [3.63, 3.8) is 0 Å². The van der Waals surface area contributed by atoms with Gasteiger partial charge in [0.15, 0.2) is 0 Å². The van der Waals surface area contributed by atoms with Gasteiger partial charge in [-0.2, -0.15) is 0 Å². The Hall–Kier alpha value is -0.570. The number of aliphatic hydroxyl groups is 1. The fraction of sp³-hybridized carbons (Fsp3) is 0.933. The summed E-state index contributed by atoms with van der Waals surface area (Å²) < 4.78 is 0. The van der Waals surface area contributed by atoms with Crippen molar-refractivity contribution in [3.8, 4) is 0 Å². The van der Waals surface area contributed by atoms with E-state index in [1.807, 2.05) is 0 Å². The van der Waals surface area contributed by atoms with Crippen LogP contribution < -0.4 is 5.32 Å². The van der Waals surface area contributed by atoms with Crippen LogP contribution in [0.2, 0.25) is 0 Å². The van der Waals surface area contributed by atoms with Crippen LogP contribution in [0.5, 0.6) is 0 Å². The van der Waals surface area contributed by atoms with Crippen molar-refractivity contribution in [2.45, 2.75) is 70.9 Å². The predicted octanol–water partition coefficient (Wildman–Crippen LogP) is 2.48. The highest BCUT2D eigenvalue weighted by Gasteiger charge is 2.50. The molecule has 18 heavy (non-hydrogen) atoms. The summed E-state index contributed by atoms with van der Waals surface area (Å²) in [6.45, 7) is 6.25. The number of hydrogen-bond donors (Lipinski definition) is 2. The molecule has 2 fully saturated rings. The quantitative estimate of drug-likeness (QED) is 0.732. The first kappa shape index (κ1) is 13.9. The summed E-state index contributed by atoms with van der Waals surface area (Å²) >= 11 is 0. The first-order valence-corrected chi connectivity index (χ1v) is 7.50. The van der Waals surface area contributed by atoms with Gasteiger partial charge in [-0.3, -0.25) is 4.79 Å². The lowest BCUT2D eigenvalue weighted by Gasteiger charge is -2.39. The molecule has 1 amide bonds. The zero-order chi connectivity index (χ0) is 13.3. The van der Waals surface area contributed by atoms with Crippen LogP contribution in [0.4, 0.5) is 0 Å². The van der Waals surface area contributed by atoms with Crippen molar-refractivity contribution in [1.29, 1.82) is 0 Å². The van der Waals surface area contributed by atoms with E-state index in [4.69, 9.17) is 0 Å². The summed E-state index contributed by atoms with van der Waals surface area (Å²) in [5, 5.41) is 14.0. The van der Waals surface area contributed by atoms with Crippen molar-refractivity contribution in [2.75, 3.05) is 0 Å². The third kappa shape index (κ3) is 2.87. The lowest BCUT2D eigenvalue weighted by Crippen LogP contribution is -2.47. The molecule has 0 aromatic heterocycles. The average Bonchev–Trinajstić information content (AvgIpc) is 3.14. The number of nitrogens with one attached hydrogen (secondary N) is 1. The van der Waals surface area contributed by atoms with Crippen LogP contribution in [0.15, 0.2) is 0 Å². The van der Waals surface area contributed by atoms with Gasteiger partial charge in [0.1, 0.15) is 0 Å². The van der Waals surface area contributed by atoms with Crippen molar-refractivity contribution < 1.29 is 9.90 Å². The lowest BCUT2D eigenvalue weighted by atomic mass is 9.72. The Balaban J connectivity index is 1.98. The molecule has 0 aromatic rings. The number of hydrogen-bond acceptors (Lipinski definition) is 2. The molecule has 3 nitrogen and oxygen atoms in total. The summed E-state index contributed by atoms with van der Waals surface area (Å²) in [7, 11) is 0. The van der Waals surface area contributed by atoms with E-state index < -0.39 is 5.60 Å². The summed E-state index contributed by atoms with van der Waals surface area (Å²) in [6, 6.07) is 0.420. The van der Waals surface area contributed by atoms with Crippen molar-refractivity contribution >= 4 is 5.91 Å². The Labute approximate surface area is 110 Å². The maximum absolute atomic E-state index is 12.0. The van der Waals surface area contributed by atoms with Gasteiger partial charge in [-0.25, -0.2) is 0 Å². The monoisotopic (exact) mass is 253 g/mol. The van der Waals surface area contributed by atoms with Gasteiger partial charge in [-0.15, -0.1) is 0 Å². The maximum Gasteiger partial charge on any atom is 0.220 e. The largest absolute Gasteiger partial charge is 0.389 e. The minimum absolute atomic E-state index is 0.101. The predicted molar refractivity (Wildman–Crippen MR) is 72.1 cm³/mol. The van der Waals surface area contributed by atoms with E-state index in [2.05, 4.69) is 26.1 Å². The van der Waals surface area contributed by atoms with E-state index in [0.717, 1.165) is 32.1 Å². The molecule has 0 aromatic carbocycles. The van der Waals surface area contributed by atoms with Crippen LogP contribution in [0.3, 0.4) is 0 Å². The van der Waals surface area contributed by atoms with Crippen molar-refractivity contribution in [1.82, 2.24) is 5.32 Å². The smallest absolute Gasteiger partial charge is 0.220 e. The second kappa shape index (κ2) is 5.20. The molecule has 104 valence electrons. The SMILES string of the molecule is CC[C@H](CC(=O)NC1CC1)[C@](O)(C(C)C)C1CC1. The van der Waals surface area contributed by atoms with Crippen LogP contribution in [0.25, 0.3) is 0 Å². The second-order valence-corrected chi connectivity index (χ2v) is 6.47. The summed E-state index contributed by atoms with van der Waals surface area (Å²) in [4.78, 5) is 12.0. The van der Waals surface area contributed by atoms with E-state index >= 15 is 0 Å². The Morgan fingerprint density at radius 2 is 1.94 bits per heavy atom. The second-order valence-electron chi connectivity index (χ2n) is 6.47. The topological polar surface area (TPSA) is 49.3 Å². The van der Waals surface area contributed by atoms with Gasteiger partial charge in [0.05, 0.1) is 5.60 Å². The minimum Gasteiger partial charge on any atom is -0.389 e. The standard InChI is InChI=1S/C15H27NO2/c1-4-11(9-14(17)16-13-7-8-13)15(18,10(2)3)12-5-6-12/h10-13,18H,4-9H2,1-3H3,(H,16,17)/t11-,15-/m1/s1. The molecule has 2 aliphatic rings. The Morgan fingerprint density at radius 1 is 1.33 bits per heavy atom. The molecule has 2 aliphatic carbocycles. The van der Waals surface area contributed by atoms with Crippen molar-refractivity contribution in [3.05, 3.63) is 0 Å².